The van der Waals surface area contributed by atoms with E-state index in [4.69, 9.17) is 16.5 Å². The lowest BCUT2D eigenvalue weighted by atomic mass is 9.50. The summed E-state index contributed by atoms with van der Waals surface area (Å²) in [6.07, 6.45) is 2.19. The van der Waals surface area contributed by atoms with Gasteiger partial charge in [0.15, 0.2) is 0 Å². The molecule has 1 aromatic heterocycles. The molecule has 0 spiro atoms. The van der Waals surface area contributed by atoms with Crippen molar-refractivity contribution in [2.45, 2.75) is 11.0 Å². The number of hydrogen-bond acceptors (Lipinski definition) is 3. The summed E-state index contributed by atoms with van der Waals surface area (Å²) in [4.78, 5) is 5.25. The minimum absolute atomic E-state index is 0.706. The predicted octanol–water partition coefficient (Wildman–Crippen LogP) is 7.56. The van der Waals surface area contributed by atoms with Crippen molar-refractivity contribution in [1.82, 2.24) is 4.98 Å². The van der Waals surface area contributed by atoms with Gasteiger partial charge >= 0.3 is 0 Å². The van der Waals surface area contributed by atoms with E-state index in [1.807, 2.05) is 30.3 Å². The van der Waals surface area contributed by atoms with Gasteiger partial charge in [0.05, 0.1) is 22.2 Å². The lowest BCUT2D eigenvalue weighted by molar-refractivity contribution is 0.392. The van der Waals surface area contributed by atoms with Crippen LogP contribution in [0.2, 0.25) is 0 Å². The van der Waals surface area contributed by atoms with E-state index in [0.717, 1.165) is 50.0 Å². The SMILES string of the molecule is Nc1ccc2nc3c(cc2c1)C(c1ccccc1)(c1ccccc1)C(N)(c1ccccc1)C(c1ccccc1)=C3. The van der Waals surface area contributed by atoms with Crippen LogP contribution in [0.3, 0.4) is 0 Å². The molecule has 0 aliphatic heterocycles. The molecule has 0 fully saturated rings. The molecule has 3 heteroatoms. The second-order valence-corrected chi connectivity index (χ2v) is 10.5. The molecule has 0 bridgehead atoms. The second kappa shape index (κ2) is 9.33. The zero-order valence-corrected chi connectivity index (χ0v) is 22.0. The van der Waals surface area contributed by atoms with Gasteiger partial charge in [-0.05, 0) is 63.7 Å². The fourth-order valence-electron chi connectivity index (χ4n) is 6.60. The molecule has 1 atom stereocenters. The van der Waals surface area contributed by atoms with Crippen molar-refractivity contribution < 1.29 is 0 Å². The van der Waals surface area contributed by atoms with Gasteiger partial charge in [-0.3, -0.25) is 0 Å². The maximum atomic E-state index is 8.07. The largest absolute Gasteiger partial charge is 0.399 e. The van der Waals surface area contributed by atoms with E-state index in [-0.39, 0.29) is 0 Å². The summed E-state index contributed by atoms with van der Waals surface area (Å²) in [5.41, 5.74) is 21.4. The van der Waals surface area contributed by atoms with Gasteiger partial charge < -0.3 is 11.5 Å². The molecular weight excluding hydrogens is 486 g/mol. The Hall–Kier alpha value is -4.99. The summed E-state index contributed by atoms with van der Waals surface area (Å²) < 4.78 is 0. The van der Waals surface area contributed by atoms with Crippen LogP contribution in [0.5, 0.6) is 0 Å². The number of fused-ring (bicyclic) bond motifs is 2. The standard InChI is InChI=1S/C37H29N3/c38-31-21-22-34-27(23-31)24-33-35(40-34)25-32(26-13-5-1-6-14-26)37(39,30-19-11-4-12-20-30)36(33,28-15-7-2-8-16-28)29-17-9-3-10-18-29/h1-25H,38-39H2. The molecule has 192 valence electrons. The lowest BCUT2D eigenvalue weighted by Gasteiger charge is -2.54. The molecule has 0 saturated heterocycles. The molecule has 0 saturated carbocycles. The molecule has 40 heavy (non-hydrogen) atoms. The molecule has 7 rings (SSSR count). The lowest BCUT2D eigenvalue weighted by Crippen LogP contribution is -2.59. The molecule has 1 aliphatic rings. The highest BCUT2D eigenvalue weighted by atomic mass is 14.9. The zero-order valence-electron chi connectivity index (χ0n) is 22.0. The Kier molecular flexibility index (Phi) is 5.62. The molecular formula is C37H29N3. The van der Waals surface area contributed by atoms with Gasteiger partial charge in [0, 0.05) is 11.1 Å². The summed E-state index contributed by atoms with van der Waals surface area (Å²) in [6, 6.07) is 50.4. The highest BCUT2D eigenvalue weighted by molar-refractivity contribution is 5.96. The molecule has 6 aromatic rings. The topological polar surface area (TPSA) is 64.9 Å². The number of nitrogens with zero attached hydrogens (tertiary/aromatic N) is 1. The highest BCUT2D eigenvalue weighted by Gasteiger charge is 2.58. The van der Waals surface area contributed by atoms with E-state index in [2.05, 4.69) is 121 Å². The van der Waals surface area contributed by atoms with E-state index in [0.29, 0.717) is 5.69 Å². The molecule has 4 N–H and O–H groups in total. The molecule has 3 nitrogen and oxygen atoms in total. The number of rotatable bonds is 4. The third-order valence-electron chi connectivity index (χ3n) is 8.30. The van der Waals surface area contributed by atoms with Gasteiger partial charge in [-0.15, -0.1) is 0 Å². The summed E-state index contributed by atoms with van der Waals surface area (Å²) in [7, 11) is 0. The Morgan fingerprint density at radius 3 is 1.65 bits per heavy atom. The van der Waals surface area contributed by atoms with Crippen molar-refractivity contribution in [2.75, 3.05) is 5.73 Å². The van der Waals surface area contributed by atoms with Crippen LogP contribution >= 0.6 is 0 Å². The van der Waals surface area contributed by atoms with Crippen LogP contribution in [0.1, 0.15) is 33.5 Å². The number of aromatic nitrogens is 1. The van der Waals surface area contributed by atoms with Gasteiger partial charge in [0.1, 0.15) is 0 Å². The van der Waals surface area contributed by atoms with E-state index in [1.165, 1.54) is 0 Å². The number of nitrogen functional groups attached to an aromatic ring is 1. The van der Waals surface area contributed by atoms with Crippen LogP contribution in [0.25, 0.3) is 22.6 Å². The van der Waals surface area contributed by atoms with Gasteiger partial charge in [-0.2, -0.15) is 0 Å². The number of pyridine rings is 1. The van der Waals surface area contributed by atoms with Gasteiger partial charge in [-0.1, -0.05) is 121 Å². The van der Waals surface area contributed by atoms with Gasteiger partial charge in [-0.25, -0.2) is 4.98 Å². The second-order valence-electron chi connectivity index (χ2n) is 10.5. The van der Waals surface area contributed by atoms with E-state index >= 15 is 0 Å². The third-order valence-corrected chi connectivity index (χ3v) is 8.30. The van der Waals surface area contributed by atoms with Crippen molar-refractivity contribution in [3.05, 3.63) is 179 Å². The fraction of sp³-hybridized carbons (Fsp3) is 0.0541. The van der Waals surface area contributed by atoms with Crippen LogP contribution in [0.4, 0.5) is 5.69 Å². The normalized spacial score (nSPS) is 17.7. The molecule has 0 radical (unpaired) electrons. The zero-order chi connectivity index (χ0) is 27.2. The maximum Gasteiger partial charge on any atom is 0.0853 e. The number of hydrogen-bond donors (Lipinski definition) is 2. The Morgan fingerprint density at radius 2 is 1.07 bits per heavy atom. The Bertz CT molecular complexity index is 1810. The van der Waals surface area contributed by atoms with Crippen LogP contribution in [-0.4, -0.2) is 4.98 Å². The monoisotopic (exact) mass is 515 g/mol. The molecule has 1 aliphatic carbocycles. The maximum absolute atomic E-state index is 8.07. The Morgan fingerprint density at radius 1 is 0.550 bits per heavy atom. The summed E-state index contributed by atoms with van der Waals surface area (Å²) in [5.74, 6) is 0. The van der Waals surface area contributed by atoms with Crippen molar-refractivity contribution in [3.8, 4) is 0 Å². The van der Waals surface area contributed by atoms with E-state index < -0.39 is 11.0 Å². The molecule has 1 heterocycles. The van der Waals surface area contributed by atoms with E-state index in [1.54, 1.807) is 0 Å². The Balaban J connectivity index is 1.74. The summed E-state index contributed by atoms with van der Waals surface area (Å²) >= 11 is 0. The van der Waals surface area contributed by atoms with Gasteiger partial charge in [0.25, 0.3) is 0 Å². The fourth-order valence-corrected chi connectivity index (χ4v) is 6.60. The first-order chi connectivity index (χ1) is 19.6. The van der Waals surface area contributed by atoms with Gasteiger partial charge in [0.2, 0.25) is 0 Å². The van der Waals surface area contributed by atoms with E-state index in [9.17, 15) is 0 Å². The van der Waals surface area contributed by atoms with Crippen LogP contribution in [0, 0.1) is 0 Å². The minimum atomic E-state index is -0.999. The van der Waals surface area contributed by atoms with Crippen LogP contribution in [-0.2, 0) is 11.0 Å². The number of anilines is 1. The average Bonchev–Trinajstić information content (AvgIpc) is 3.02. The summed E-state index contributed by atoms with van der Waals surface area (Å²) in [5, 5.41) is 0.988. The molecule has 0 amide bonds. The molecule has 5 aromatic carbocycles. The van der Waals surface area contributed by atoms with Crippen molar-refractivity contribution >= 4 is 28.2 Å². The van der Waals surface area contributed by atoms with Crippen LogP contribution in [0.15, 0.2) is 146 Å². The average molecular weight is 516 g/mol. The van der Waals surface area contributed by atoms with Crippen molar-refractivity contribution in [1.29, 1.82) is 0 Å². The van der Waals surface area contributed by atoms with Crippen LogP contribution < -0.4 is 11.5 Å². The highest BCUT2D eigenvalue weighted by Crippen LogP contribution is 2.59. The van der Waals surface area contributed by atoms with Crippen molar-refractivity contribution in [2.24, 2.45) is 5.73 Å². The first-order valence-corrected chi connectivity index (χ1v) is 13.6. The number of nitrogens with two attached hydrogens (primary N) is 2. The summed E-state index contributed by atoms with van der Waals surface area (Å²) in [6.45, 7) is 0. The first-order valence-electron chi connectivity index (χ1n) is 13.6. The number of benzene rings is 5. The minimum Gasteiger partial charge on any atom is -0.399 e. The smallest absolute Gasteiger partial charge is 0.0853 e. The quantitative estimate of drug-likeness (QED) is 0.238. The molecule has 1 unspecified atom stereocenters. The Labute approximate surface area is 234 Å². The predicted molar refractivity (Wildman–Crippen MR) is 166 cm³/mol. The first kappa shape index (κ1) is 24.1. The van der Waals surface area contributed by atoms with Crippen molar-refractivity contribution in [3.63, 3.8) is 0 Å². The third kappa shape index (κ3) is 3.45.